The first kappa shape index (κ1) is 16.8. The highest BCUT2D eigenvalue weighted by atomic mass is 16.2. The van der Waals surface area contributed by atoms with Gasteiger partial charge in [-0.2, -0.15) is 0 Å². The van der Waals surface area contributed by atoms with Gasteiger partial charge in [-0.1, -0.05) is 12.8 Å². The summed E-state index contributed by atoms with van der Waals surface area (Å²) < 4.78 is 0. The number of piperidine rings is 1. The number of amides is 1. The van der Waals surface area contributed by atoms with Crippen LogP contribution in [0.3, 0.4) is 0 Å². The lowest BCUT2D eigenvalue weighted by molar-refractivity contribution is -0.134. The summed E-state index contributed by atoms with van der Waals surface area (Å²) in [5, 5.41) is 7.16. The first-order valence-corrected chi connectivity index (χ1v) is 8.95. The predicted molar refractivity (Wildman–Crippen MR) is 87.4 cm³/mol. The van der Waals surface area contributed by atoms with Crippen LogP contribution in [0.4, 0.5) is 0 Å². The van der Waals surface area contributed by atoms with Crippen molar-refractivity contribution < 1.29 is 4.79 Å². The Kier molecular flexibility index (Phi) is 6.97. The number of hydrogen-bond donors (Lipinski definition) is 2. The predicted octanol–water partition coefficient (Wildman–Crippen LogP) is 2.29. The highest BCUT2D eigenvalue weighted by molar-refractivity contribution is 5.81. The van der Waals surface area contributed by atoms with E-state index in [0.717, 1.165) is 26.1 Å². The Hall–Kier alpha value is -0.610. The lowest BCUT2D eigenvalue weighted by Crippen LogP contribution is -2.50. The molecule has 3 atom stereocenters. The van der Waals surface area contributed by atoms with Crippen molar-refractivity contribution in [1.82, 2.24) is 15.5 Å². The van der Waals surface area contributed by atoms with Gasteiger partial charge in [0.15, 0.2) is 0 Å². The van der Waals surface area contributed by atoms with E-state index in [-0.39, 0.29) is 11.9 Å². The Morgan fingerprint density at radius 2 is 1.86 bits per heavy atom. The molecule has 1 amide bonds. The molecule has 0 aromatic carbocycles. The molecule has 2 fully saturated rings. The smallest absolute Gasteiger partial charge is 0.239 e. The van der Waals surface area contributed by atoms with E-state index >= 15 is 0 Å². The molecule has 2 aliphatic rings. The molecule has 0 bridgehead atoms. The van der Waals surface area contributed by atoms with E-state index in [2.05, 4.69) is 17.6 Å². The SMILES string of the molecule is CC(CC1CCCCCN1)NC(C)C(=O)N1CCCCC1. The van der Waals surface area contributed by atoms with E-state index in [9.17, 15) is 4.79 Å². The molecule has 0 aromatic rings. The fourth-order valence-electron chi connectivity index (χ4n) is 3.68. The van der Waals surface area contributed by atoms with Crippen molar-refractivity contribution in [3.05, 3.63) is 0 Å². The minimum atomic E-state index is -0.0520. The highest BCUT2D eigenvalue weighted by Gasteiger charge is 2.24. The van der Waals surface area contributed by atoms with Crippen LogP contribution in [0.1, 0.15) is 65.2 Å². The van der Waals surface area contributed by atoms with Crippen molar-refractivity contribution in [2.24, 2.45) is 0 Å². The van der Waals surface area contributed by atoms with Crippen LogP contribution in [-0.2, 0) is 4.79 Å². The van der Waals surface area contributed by atoms with Gasteiger partial charge in [-0.25, -0.2) is 0 Å². The van der Waals surface area contributed by atoms with Crippen LogP contribution >= 0.6 is 0 Å². The highest BCUT2D eigenvalue weighted by Crippen LogP contribution is 2.14. The van der Waals surface area contributed by atoms with Gasteiger partial charge in [0.25, 0.3) is 0 Å². The fraction of sp³-hybridized carbons (Fsp3) is 0.941. The maximum Gasteiger partial charge on any atom is 0.239 e. The molecule has 4 nitrogen and oxygen atoms in total. The Balaban J connectivity index is 1.72. The average molecular weight is 295 g/mol. The van der Waals surface area contributed by atoms with Crippen molar-refractivity contribution in [1.29, 1.82) is 0 Å². The van der Waals surface area contributed by atoms with Crippen molar-refractivity contribution in [2.45, 2.75) is 83.3 Å². The monoisotopic (exact) mass is 295 g/mol. The molecular weight excluding hydrogens is 262 g/mol. The van der Waals surface area contributed by atoms with Crippen molar-refractivity contribution >= 4 is 5.91 Å². The van der Waals surface area contributed by atoms with Crippen LogP contribution in [-0.4, -0.2) is 48.6 Å². The summed E-state index contributed by atoms with van der Waals surface area (Å²) in [6.07, 6.45) is 10.0. The Bertz CT molecular complexity index is 307. The molecule has 2 saturated heterocycles. The molecular formula is C17H33N3O. The Morgan fingerprint density at radius 1 is 1.14 bits per heavy atom. The normalized spacial score (nSPS) is 27.0. The zero-order chi connectivity index (χ0) is 15.1. The Morgan fingerprint density at radius 3 is 2.62 bits per heavy atom. The zero-order valence-corrected chi connectivity index (χ0v) is 13.9. The summed E-state index contributed by atoms with van der Waals surface area (Å²) in [4.78, 5) is 14.5. The molecule has 2 rings (SSSR count). The number of nitrogens with zero attached hydrogens (tertiary/aromatic N) is 1. The first-order chi connectivity index (χ1) is 10.2. The maximum absolute atomic E-state index is 12.4. The third-order valence-electron chi connectivity index (χ3n) is 4.87. The van der Waals surface area contributed by atoms with Gasteiger partial charge in [0.05, 0.1) is 6.04 Å². The standard InChI is InChI=1S/C17H33N3O/c1-14(13-16-9-5-3-6-10-18-16)19-15(2)17(21)20-11-7-4-8-12-20/h14-16,18-19H,3-13H2,1-2H3. The summed E-state index contributed by atoms with van der Waals surface area (Å²) in [6.45, 7) is 7.28. The van der Waals surface area contributed by atoms with E-state index in [1.807, 2.05) is 11.8 Å². The number of nitrogens with one attached hydrogen (secondary N) is 2. The number of carbonyl (C=O) groups excluding carboxylic acids is 1. The van der Waals surface area contributed by atoms with Crippen LogP contribution < -0.4 is 10.6 Å². The van der Waals surface area contributed by atoms with Crippen molar-refractivity contribution in [3.8, 4) is 0 Å². The van der Waals surface area contributed by atoms with E-state index < -0.39 is 0 Å². The van der Waals surface area contributed by atoms with Gasteiger partial charge in [0.1, 0.15) is 0 Å². The molecule has 2 aliphatic heterocycles. The lowest BCUT2D eigenvalue weighted by Gasteiger charge is -2.31. The molecule has 4 heteroatoms. The molecule has 21 heavy (non-hydrogen) atoms. The quantitative estimate of drug-likeness (QED) is 0.818. The van der Waals surface area contributed by atoms with Crippen LogP contribution in [0.5, 0.6) is 0 Å². The number of hydrogen-bond acceptors (Lipinski definition) is 3. The topological polar surface area (TPSA) is 44.4 Å². The molecule has 0 spiro atoms. The minimum Gasteiger partial charge on any atom is -0.341 e. The summed E-state index contributed by atoms with van der Waals surface area (Å²) >= 11 is 0. The maximum atomic E-state index is 12.4. The van der Waals surface area contributed by atoms with Gasteiger partial charge >= 0.3 is 0 Å². The minimum absolute atomic E-state index is 0.0520. The van der Waals surface area contributed by atoms with E-state index in [0.29, 0.717) is 12.1 Å². The second-order valence-electron chi connectivity index (χ2n) is 6.91. The van der Waals surface area contributed by atoms with Crippen molar-refractivity contribution in [2.75, 3.05) is 19.6 Å². The number of likely N-dealkylation sites (tertiary alicyclic amines) is 1. The lowest BCUT2D eigenvalue weighted by atomic mass is 10.0. The van der Waals surface area contributed by atoms with Gasteiger partial charge in [0, 0.05) is 25.2 Å². The largest absolute Gasteiger partial charge is 0.341 e. The van der Waals surface area contributed by atoms with Gasteiger partial charge in [-0.3, -0.25) is 4.79 Å². The van der Waals surface area contributed by atoms with E-state index in [1.165, 1.54) is 44.9 Å². The van der Waals surface area contributed by atoms with Gasteiger partial charge in [-0.15, -0.1) is 0 Å². The molecule has 0 aromatic heterocycles. The molecule has 122 valence electrons. The Labute approximate surface area is 130 Å². The zero-order valence-electron chi connectivity index (χ0n) is 13.9. The van der Waals surface area contributed by atoms with Gasteiger partial charge < -0.3 is 15.5 Å². The summed E-state index contributed by atoms with van der Waals surface area (Å²) in [5.74, 6) is 0.287. The summed E-state index contributed by atoms with van der Waals surface area (Å²) in [5.41, 5.74) is 0. The third kappa shape index (κ3) is 5.59. The van der Waals surface area contributed by atoms with Crippen LogP contribution in [0, 0.1) is 0 Å². The van der Waals surface area contributed by atoms with Crippen molar-refractivity contribution in [3.63, 3.8) is 0 Å². The van der Waals surface area contributed by atoms with Gasteiger partial charge in [-0.05, 0) is 58.9 Å². The van der Waals surface area contributed by atoms with Crippen LogP contribution in [0.25, 0.3) is 0 Å². The fourth-order valence-corrected chi connectivity index (χ4v) is 3.68. The van der Waals surface area contributed by atoms with Crippen LogP contribution in [0.2, 0.25) is 0 Å². The van der Waals surface area contributed by atoms with Crippen LogP contribution in [0.15, 0.2) is 0 Å². The number of carbonyl (C=O) groups is 1. The molecule has 0 radical (unpaired) electrons. The summed E-state index contributed by atoms with van der Waals surface area (Å²) in [6, 6.07) is 0.959. The van der Waals surface area contributed by atoms with Gasteiger partial charge in [0.2, 0.25) is 5.91 Å². The molecule has 2 heterocycles. The second kappa shape index (κ2) is 8.74. The number of rotatable bonds is 5. The summed E-state index contributed by atoms with van der Waals surface area (Å²) in [7, 11) is 0. The van der Waals surface area contributed by atoms with E-state index in [4.69, 9.17) is 0 Å². The first-order valence-electron chi connectivity index (χ1n) is 8.95. The molecule has 2 N–H and O–H groups in total. The third-order valence-corrected chi connectivity index (χ3v) is 4.87. The van der Waals surface area contributed by atoms with E-state index in [1.54, 1.807) is 0 Å². The second-order valence-corrected chi connectivity index (χ2v) is 6.91. The average Bonchev–Trinajstić information content (AvgIpc) is 2.75. The molecule has 0 saturated carbocycles. The molecule has 0 aliphatic carbocycles. The molecule has 3 unspecified atom stereocenters.